The molecule has 1 saturated heterocycles. The largest absolute Gasteiger partial charge is 0.314 e. The standard InChI is InChI=1S/C25H30N2O/c26-19-23-11-5-4-10-22(23)18-25(28)13-7-6-12-24-17-21(14-15-27-24)16-20-8-2-1-3-9-20/h1-5,8-11,21,24,27H,6-7,12-18H2/t21-,24-/m0/s1. The minimum atomic E-state index is 0.237. The highest BCUT2D eigenvalue weighted by atomic mass is 16.1. The first-order chi connectivity index (χ1) is 13.7. The van der Waals surface area contributed by atoms with Gasteiger partial charge in [0.25, 0.3) is 0 Å². The summed E-state index contributed by atoms with van der Waals surface area (Å²) in [5.41, 5.74) is 2.91. The summed E-state index contributed by atoms with van der Waals surface area (Å²) >= 11 is 0. The summed E-state index contributed by atoms with van der Waals surface area (Å²) in [7, 11) is 0. The van der Waals surface area contributed by atoms with Crippen LogP contribution in [0.1, 0.15) is 55.2 Å². The van der Waals surface area contributed by atoms with Gasteiger partial charge in [0, 0.05) is 18.9 Å². The predicted molar refractivity (Wildman–Crippen MR) is 113 cm³/mol. The first kappa shape index (κ1) is 20.3. The van der Waals surface area contributed by atoms with Crippen molar-refractivity contribution in [2.24, 2.45) is 5.92 Å². The average molecular weight is 375 g/mol. The van der Waals surface area contributed by atoms with Gasteiger partial charge in [-0.1, -0.05) is 55.0 Å². The number of hydrogen-bond donors (Lipinski definition) is 1. The number of carbonyl (C=O) groups is 1. The molecule has 0 aromatic heterocycles. The maximum absolute atomic E-state index is 12.3. The molecule has 1 aliphatic heterocycles. The van der Waals surface area contributed by atoms with Gasteiger partial charge < -0.3 is 5.32 Å². The molecule has 146 valence electrons. The van der Waals surface area contributed by atoms with E-state index in [4.69, 9.17) is 5.26 Å². The zero-order chi connectivity index (χ0) is 19.6. The maximum Gasteiger partial charge on any atom is 0.137 e. The van der Waals surface area contributed by atoms with Crippen molar-refractivity contribution in [3.63, 3.8) is 0 Å². The molecule has 1 heterocycles. The van der Waals surface area contributed by atoms with Gasteiger partial charge in [0.05, 0.1) is 11.6 Å². The van der Waals surface area contributed by atoms with Crippen molar-refractivity contribution in [1.29, 1.82) is 5.26 Å². The van der Waals surface area contributed by atoms with E-state index in [2.05, 4.69) is 41.7 Å². The van der Waals surface area contributed by atoms with Gasteiger partial charge in [-0.3, -0.25) is 4.79 Å². The Labute approximate surface area is 168 Å². The molecule has 1 aliphatic rings. The number of rotatable bonds is 9. The molecule has 2 aromatic carbocycles. The fraction of sp³-hybridized carbons (Fsp3) is 0.440. The number of benzene rings is 2. The van der Waals surface area contributed by atoms with Crippen LogP contribution in [-0.4, -0.2) is 18.4 Å². The molecule has 3 heteroatoms. The van der Waals surface area contributed by atoms with E-state index >= 15 is 0 Å². The Hall–Kier alpha value is -2.44. The topological polar surface area (TPSA) is 52.9 Å². The summed E-state index contributed by atoms with van der Waals surface area (Å²) in [5.74, 6) is 0.999. The second-order valence-corrected chi connectivity index (χ2v) is 7.96. The van der Waals surface area contributed by atoms with E-state index in [1.165, 1.54) is 24.8 Å². The predicted octanol–water partition coefficient (Wildman–Crippen LogP) is 4.84. The molecule has 0 aliphatic carbocycles. The van der Waals surface area contributed by atoms with Gasteiger partial charge in [-0.15, -0.1) is 0 Å². The third kappa shape index (κ3) is 6.32. The summed E-state index contributed by atoms with van der Waals surface area (Å²) in [5, 5.41) is 12.8. The fourth-order valence-corrected chi connectivity index (χ4v) is 4.25. The molecule has 0 radical (unpaired) electrons. The van der Waals surface area contributed by atoms with E-state index in [9.17, 15) is 4.79 Å². The van der Waals surface area contributed by atoms with Crippen LogP contribution >= 0.6 is 0 Å². The Morgan fingerprint density at radius 1 is 1.07 bits per heavy atom. The van der Waals surface area contributed by atoms with Gasteiger partial charge in [-0.2, -0.15) is 5.26 Å². The number of Topliss-reactive ketones (excluding diaryl/α,β-unsaturated/α-hetero) is 1. The van der Waals surface area contributed by atoms with Crippen molar-refractivity contribution in [3.8, 4) is 6.07 Å². The van der Waals surface area contributed by atoms with Crippen LogP contribution < -0.4 is 5.32 Å². The minimum Gasteiger partial charge on any atom is -0.314 e. The van der Waals surface area contributed by atoms with Crippen LogP contribution in [0, 0.1) is 17.2 Å². The Kier molecular flexibility index (Phi) is 7.82. The Bertz CT molecular complexity index is 794. The SMILES string of the molecule is N#Cc1ccccc1CC(=O)CCCC[C@H]1C[C@H](Cc2ccccc2)CCN1. The van der Waals surface area contributed by atoms with Gasteiger partial charge in [-0.05, 0) is 61.8 Å². The van der Waals surface area contributed by atoms with Crippen LogP contribution in [0.15, 0.2) is 54.6 Å². The van der Waals surface area contributed by atoms with Crippen LogP contribution in [0.2, 0.25) is 0 Å². The third-order valence-electron chi connectivity index (χ3n) is 5.75. The van der Waals surface area contributed by atoms with Gasteiger partial charge in [-0.25, -0.2) is 0 Å². The molecular formula is C25H30N2O. The Morgan fingerprint density at radius 3 is 2.68 bits per heavy atom. The average Bonchev–Trinajstić information content (AvgIpc) is 2.73. The molecule has 0 spiro atoms. The summed E-state index contributed by atoms with van der Waals surface area (Å²) in [6.45, 7) is 1.10. The van der Waals surface area contributed by atoms with Crippen molar-refractivity contribution in [2.45, 2.75) is 57.4 Å². The van der Waals surface area contributed by atoms with Crippen LogP contribution in [0.3, 0.4) is 0 Å². The number of nitrogens with zero attached hydrogens (tertiary/aromatic N) is 1. The molecule has 2 atom stereocenters. The molecule has 1 N–H and O–H groups in total. The molecule has 3 nitrogen and oxygen atoms in total. The number of piperidine rings is 1. The number of nitrogens with one attached hydrogen (secondary N) is 1. The molecule has 2 aromatic rings. The number of unbranched alkanes of at least 4 members (excludes halogenated alkanes) is 1. The Morgan fingerprint density at radius 2 is 1.86 bits per heavy atom. The molecule has 28 heavy (non-hydrogen) atoms. The second-order valence-electron chi connectivity index (χ2n) is 7.96. The normalized spacial score (nSPS) is 19.1. The summed E-state index contributed by atoms with van der Waals surface area (Å²) in [6.07, 6.45) is 7.82. The van der Waals surface area contributed by atoms with Gasteiger partial charge >= 0.3 is 0 Å². The highest BCUT2D eigenvalue weighted by Gasteiger charge is 2.21. The van der Waals surface area contributed by atoms with Crippen molar-refractivity contribution in [2.75, 3.05) is 6.54 Å². The smallest absolute Gasteiger partial charge is 0.137 e. The third-order valence-corrected chi connectivity index (χ3v) is 5.75. The highest BCUT2D eigenvalue weighted by molar-refractivity contribution is 5.81. The molecule has 0 saturated carbocycles. The van der Waals surface area contributed by atoms with Gasteiger partial charge in [0.1, 0.15) is 5.78 Å². The number of nitriles is 1. The van der Waals surface area contributed by atoms with Crippen molar-refractivity contribution < 1.29 is 4.79 Å². The van der Waals surface area contributed by atoms with Gasteiger partial charge in [0.2, 0.25) is 0 Å². The van der Waals surface area contributed by atoms with E-state index in [1.807, 2.05) is 18.2 Å². The van der Waals surface area contributed by atoms with Gasteiger partial charge in [0.15, 0.2) is 0 Å². The summed E-state index contributed by atoms with van der Waals surface area (Å²) < 4.78 is 0. The quantitative estimate of drug-likeness (QED) is 0.639. The Balaban J connectivity index is 1.35. The van der Waals surface area contributed by atoms with Crippen LogP contribution in [-0.2, 0) is 17.6 Å². The van der Waals surface area contributed by atoms with Crippen molar-refractivity contribution in [1.82, 2.24) is 5.32 Å². The molecule has 1 fully saturated rings. The minimum absolute atomic E-state index is 0.237. The molecular weight excluding hydrogens is 344 g/mol. The number of hydrogen-bond acceptors (Lipinski definition) is 3. The second kappa shape index (κ2) is 10.8. The monoisotopic (exact) mass is 374 g/mol. The molecule has 0 bridgehead atoms. The first-order valence-electron chi connectivity index (χ1n) is 10.5. The van der Waals surface area contributed by atoms with E-state index < -0.39 is 0 Å². The number of carbonyl (C=O) groups excluding carboxylic acids is 1. The fourth-order valence-electron chi connectivity index (χ4n) is 4.25. The lowest BCUT2D eigenvalue weighted by molar-refractivity contribution is -0.118. The van der Waals surface area contributed by atoms with E-state index in [0.29, 0.717) is 24.4 Å². The number of ketones is 1. The zero-order valence-electron chi connectivity index (χ0n) is 16.6. The van der Waals surface area contributed by atoms with Crippen LogP contribution in [0.25, 0.3) is 0 Å². The molecule has 0 unspecified atom stereocenters. The zero-order valence-corrected chi connectivity index (χ0v) is 16.6. The highest BCUT2D eigenvalue weighted by Crippen LogP contribution is 2.23. The molecule has 0 amide bonds. The lowest BCUT2D eigenvalue weighted by Crippen LogP contribution is -2.38. The van der Waals surface area contributed by atoms with E-state index in [-0.39, 0.29) is 5.78 Å². The molecule has 3 rings (SSSR count). The van der Waals surface area contributed by atoms with Crippen molar-refractivity contribution in [3.05, 3.63) is 71.3 Å². The summed E-state index contributed by atoms with van der Waals surface area (Å²) in [6, 6.07) is 20.9. The van der Waals surface area contributed by atoms with Crippen LogP contribution in [0.4, 0.5) is 0 Å². The summed E-state index contributed by atoms with van der Waals surface area (Å²) in [4.78, 5) is 12.3. The van der Waals surface area contributed by atoms with Crippen LogP contribution in [0.5, 0.6) is 0 Å². The lowest BCUT2D eigenvalue weighted by Gasteiger charge is -2.30. The lowest BCUT2D eigenvalue weighted by atomic mass is 9.85. The van der Waals surface area contributed by atoms with E-state index in [0.717, 1.165) is 37.3 Å². The maximum atomic E-state index is 12.3. The first-order valence-corrected chi connectivity index (χ1v) is 10.5. The van der Waals surface area contributed by atoms with Crippen molar-refractivity contribution >= 4 is 5.78 Å². The van der Waals surface area contributed by atoms with E-state index in [1.54, 1.807) is 6.07 Å².